The molecule has 0 atom stereocenters. The monoisotopic (exact) mass is 402 g/mol. The van der Waals surface area contributed by atoms with Gasteiger partial charge in [0, 0.05) is 5.39 Å². The second-order valence-electron chi connectivity index (χ2n) is 6.00. The number of carbonyl (C=O) groups excluding carboxylic acids is 2. The number of amides is 1. The number of hydrogen-bond acceptors (Lipinski definition) is 5. The smallest absolute Gasteiger partial charge is 0.416 e. The third kappa shape index (κ3) is 4.73. The van der Waals surface area contributed by atoms with E-state index in [-0.39, 0.29) is 17.0 Å². The first kappa shape index (κ1) is 19.9. The van der Waals surface area contributed by atoms with Gasteiger partial charge in [0.2, 0.25) is 5.76 Å². The van der Waals surface area contributed by atoms with E-state index >= 15 is 0 Å². The fourth-order valence-corrected chi connectivity index (χ4v) is 2.65. The molecule has 0 aliphatic rings. The quantitative estimate of drug-likeness (QED) is 0.650. The fraction of sp³-hybridized carbons (Fsp3) is 0.150. The number of fused-ring (bicyclic) bond motifs is 1. The Bertz CT molecular complexity index is 1110. The minimum Gasteiger partial charge on any atom is -0.455 e. The third-order valence-electron chi connectivity index (χ3n) is 3.93. The maximum atomic E-state index is 12.7. The van der Waals surface area contributed by atoms with Gasteiger partial charge in [-0.15, -0.1) is 0 Å². The van der Waals surface area contributed by atoms with Gasteiger partial charge in [-0.25, -0.2) is 0 Å². The summed E-state index contributed by atoms with van der Waals surface area (Å²) in [7, 11) is 0. The lowest BCUT2D eigenvalue weighted by Crippen LogP contribution is -2.22. The summed E-state index contributed by atoms with van der Waals surface area (Å²) in [4.78, 5) is 23.9. The highest BCUT2D eigenvalue weighted by molar-refractivity contribution is 6.03. The van der Waals surface area contributed by atoms with Gasteiger partial charge in [0.1, 0.15) is 17.3 Å². The van der Waals surface area contributed by atoms with Crippen LogP contribution in [0.3, 0.4) is 0 Å². The van der Waals surface area contributed by atoms with Crippen LogP contribution in [0.25, 0.3) is 11.0 Å². The lowest BCUT2D eigenvalue weighted by atomic mass is 10.1. The SMILES string of the molecule is N#Cc1oc2ccccc2c1NC(=O)COC(=O)Cc1cccc(C(F)(F)F)c1. The molecule has 29 heavy (non-hydrogen) atoms. The first-order valence-electron chi connectivity index (χ1n) is 8.31. The summed E-state index contributed by atoms with van der Waals surface area (Å²) >= 11 is 0. The van der Waals surface area contributed by atoms with Gasteiger partial charge in [-0.05, 0) is 23.8 Å². The number of ether oxygens (including phenoxy) is 1. The predicted octanol–water partition coefficient (Wildman–Crippen LogP) is 4.05. The Morgan fingerprint density at radius 3 is 2.62 bits per heavy atom. The van der Waals surface area contributed by atoms with Crippen molar-refractivity contribution in [1.82, 2.24) is 0 Å². The minimum absolute atomic E-state index is 0.102. The molecule has 1 N–H and O–H groups in total. The maximum Gasteiger partial charge on any atom is 0.416 e. The Kier molecular flexibility index (Phi) is 5.54. The number of furan rings is 1. The first-order chi connectivity index (χ1) is 13.8. The predicted molar refractivity (Wildman–Crippen MR) is 95.7 cm³/mol. The van der Waals surface area contributed by atoms with E-state index in [0.717, 1.165) is 12.1 Å². The van der Waals surface area contributed by atoms with Gasteiger partial charge in [0.15, 0.2) is 6.61 Å². The molecule has 0 radical (unpaired) electrons. The van der Waals surface area contributed by atoms with Crippen molar-refractivity contribution >= 4 is 28.5 Å². The molecule has 1 amide bonds. The van der Waals surface area contributed by atoms with E-state index in [1.54, 1.807) is 24.3 Å². The van der Waals surface area contributed by atoms with Crippen LogP contribution in [-0.2, 0) is 26.9 Å². The van der Waals surface area contributed by atoms with Crippen molar-refractivity contribution in [3.05, 3.63) is 65.4 Å². The molecule has 0 fully saturated rings. The van der Waals surface area contributed by atoms with Gasteiger partial charge in [-0.2, -0.15) is 18.4 Å². The van der Waals surface area contributed by atoms with Gasteiger partial charge in [-0.1, -0.05) is 30.3 Å². The summed E-state index contributed by atoms with van der Waals surface area (Å²) < 4.78 is 48.3. The highest BCUT2D eigenvalue weighted by atomic mass is 19.4. The second-order valence-corrected chi connectivity index (χ2v) is 6.00. The number of hydrogen-bond donors (Lipinski definition) is 1. The summed E-state index contributed by atoms with van der Waals surface area (Å²) in [6.07, 6.45) is -4.94. The standard InChI is InChI=1S/C20H13F3N2O4/c21-20(22,23)13-5-3-4-12(8-13)9-18(27)28-11-17(26)25-19-14-6-1-2-7-15(14)29-16(19)10-24/h1-8H,9,11H2,(H,25,26). The summed E-state index contributed by atoms with van der Waals surface area (Å²) in [5, 5.41) is 12.1. The highest BCUT2D eigenvalue weighted by Gasteiger charge is 2.30. The molecule has 1 aromatic heterocycles. The molecule has 0 unspecified atom stereocenters. The molecule has 0 saturated heterocycles. The molecule has 9 heteroatoms. The van der Waals surface area contributed by atoms with Crippen LogP contribution in [0.1, 0.15) is 16.9 Å². The van der Waals surface area contributed by atoms with Crippen LogP contribution in [0.5, 0.6) is 0 Å². The number of anilines is 1. The van der Waals surface area contributed by atoms with E-state index in [2.05, 4.69) is 5.32 Å². The van der Waals surface area contributed by atoms with Crippen molar-refractivity contribution < 1.29 is 31.9 Å². The van der Waals surface area contributed by atoms with Gasteiger partial charge in [-0.3, -0.25) is 9.59 Å². The molecular formula is C20H13F3N2O4. The van der Waals surface area contributed by atoms with E-state index in [0.29, 0.717) is 11.0 Å². The lowest BCUT2D eigenvalue weighted by molar-refractivity contribution is -0.146. The van der Waals surface area contributed by atoms with Crippen LogP contribution in [-0.4, -0.2) is 18.5 Å². The van der Waals surface area contributed by atoms with Crippen molar-refractivity contribution in [2.24, 2.45) is 0 Å². The van der Waals surface area contributed by atoms with E-state index in [1.807, 2.05) is 6.07 Å². The van der Waals surface area contributed by atoms with Crippen LogP contribution in [0, 0.1) is 11.3 Å². The highest BCUT2D eigenvalue weighted by Crippen LogP contribution is 2.30. The van der Waals surface area contributed by atoms with Crippen LogP contribution < -0.4 is 5.32 Å². The van der Waals surface area contributed by atoms with Crippen LogP contribution >= 0.6 is 0 Å². The Balaban J connectivity index is 1.60. The van der Waals surface area contributed by atoms with E-state index < -0.39 is 36.6 Å². The average Bonchev–Trinajstić information content (AvgIpc) is 3.03. The number of benzene rings is 2. The maximum absolute atomic E-state index is 12.7. The summed E-state index contributed by atoms with van der Waals surface area (Å²) in [5.41, 5.74) is -0.211. The molecule has 6 nitrogen and oxygen atoms in total. The second kappa shape index (κ2) is 8.06. The van der Waals surface area contributed by atoms with E-state index in [1.165, 1.54) is 12.1 Å². The molecule has 0 bridgehead atoms. The summed E-state index contributed by atoms with van der Waals surface area (Å²) in [5.74, 6) is -1.68. The van der Waals surface area contributed by atoms with Gasteiger partial charge in [0.25, 0.3) is 5.91 Å². The summed E-state index contributed by atoms with van der Waals surface area (Å²) in [6.45, 7) is -0.665. The Hall–Kier alpha value is -3.80. The molecule has 0 saturated carbocycles. The van der Waals surface area contributed by atoms with Crippen LogP contribution in [0.4, 0.5) is 18.9 Å². The fourth-order valence-electron chi connectivity index (χ4n) is 2.65. The minimum atomic E-state index is -4.52. The van der Waals surface area contributed by atoms with Crippen LogP contribution in [0.15, 0.2) is 52.9 Å². The average molecular weight is 402 g/mol. The van der Waals surface area contributed by atoms with E-state index in [9.17, 15) is 22.8 Å². The largest absolute Gasteiger partial charge is 0.455 e. The van der Waals surface area contributed by atoms with Crippen molar-refractivity contribution in [3.63, 3.8) is 0 Å². The zero-order valence-corrected chi connectivity index (χ0v) is 14.7. The van der Waals surface area contributed by atoms with Crippen LogP contribution in [0.2, 0.25) is 0 Å². The number of para-hydroxylation sites is 1. The Morgan fingerprint density at radius 2 is 1.90 bits per heavy atom. The van der Waals surface area contributed by atoms with E-state index in [4.69, 9.17) is 14.4 Å². The van der Waals surface area contributed by atoms with Crippen molar-refractivity contribution in [1.29, 1.82) is 5.26 Å². The number of esters is 1. The van der Waals surface area contributed by atoms with Gasteiger partial charge >= 0.3 is 12.1 Å². The number of nitriles is 1. The molecule has 2 aromatic carbocycles. The first-order valence-corrected chi connectivity index (χ1v) is 8.31. The lowest BCUT2D eigenvalue weighted by Gasteiger charge is -2.09. The Labute approximate surface area is 162 Å². The normalized spacial score (nSPS) is 11.1. The number of carbonyl (C=O) groups is 2. The molecule has 148 valence electrons. The molecule has 3 aromatic rings. The molecular weight excluding hydrogens is 389 g/mol. The number of halogens is 3. The number of rotatable bonds is 5. The third-order valence-corrected chi connectivity index (χ3v) is 3.93. The molecule has 1 heterocycles. The Morgan fingerprint density at radius 1 is 1.14 bits per heavy atom. The summed E-state index contributed by atoms with van der Waals surface area (Å²) in [6, 6.07) is 12.8. The number of nitrogens with one attached hydrogen (secondary N) is 1. The zero-order chi connectivity index (χ0) is 21.0. The molecule has 0 aliphatic heterocycles. The topological polar surface area (TPSA) is 92.3 Å². The van der Waals surface area contributed by atoms with Gasteiger partial charge in [0.05, 0.1) is 12.0 Å². The van der Waals surface area contributed by atoms with Gasteiger partial charge < -0.3 is 14.5 Å². The van der Waals surface area contributed by atoms with Crippen molar-refractivity contribution in [2.75, 3.05) is 11.9 Å². The molecule has 3 rings (SSSR count). The number of nitrogens with zero attached hydrogens (tertiary/aromatic N) is 1. The molecule has 0 aliphatic carbocycles. The number of alkyl halides is 3. The molecule has 0 spiro atoms. The zero-order valence-electron chi connectivity index (χ0n) is 14.7. The van der Waals surface area contributed by atoms with Crippen molar-refractivity contribution in [2.45, 2.75) is 12.6 Å². The van der Waals surface area contributed by atoms with Crippen molar-refractivity contribution in [3.8, 4) is 6.07 Å².